The van der Waals surface area contributed by atoms with Gasteiger partial charge in [0.1, 0.15) is 5.54 Å². The Morgan fingerprint density at radius 3 is 2.67 bits per heavy atom. The van der Waals surface area contributed by atoms with E-state index in [9.17, 15) is 9.59 Å². The number of hydrogen-bond donors (Lipinski definition) is 3. The van der Waals surface area contributed by atoms with Crippen LogP contribution in [0.1, 0.15) is 76.4 Å². The summed E-state index contributed by atoms with van der Waals surface area (Å²) in [6.07, 6.45) is 8.85. The number of piperidine rings is 1. The van der Waals surface area contributed by atoms with Crippen molar-refractivity contribution in [1.82, 2.24) is 26.1 Å². The summed E-state index contributed by atoms with van der Waals surface area (Å²) in [5, 5.41) is 13.6. The lowest BCUT2D eigenvalue weighted by molar-refractivity contribution is -0.122. The fourth-order valence-corrected chi connectivity index (χ4v) is 4.12. The fourth-order valence-electron chi connectivity index (χ4n) is 4.12. The second kappa shape index (κ2) is 9.30. The predicted octanol–water partition coefficient (Wildman–Crippen LogP) is 1.56. The van der Waals surface area contributed by atoms with E-state index in [1.54, 1.807) is 0 Å². The summed E-state index contributed by atoms with van der Waals surface area (Å²) < 4.78 is 5.40. The van der Waals surface area contributed by atoms with Crippen LogP contribution in [0.4, 0.5) is 0 Å². The van der Waals surface area contributed by atoms with E-state index >= 15 is 0 Å². The molecule has 1 aromatic rings. The van der Waals surface area contributed by atoms with Gasteiger partial charge in [0.05, 0.1) is 0 Å². The average molecular weight is 377 g/mol. The van der Waals surface area contributed by atoms with Crippen LogP contribution in [0.3, 0.4) is 0 Å². The number of nitrogens with one attached hydrogen (secondary N) is 3. The highest BCUT2D eigenvalue weighted by atomic mass is 16.5. The summed E-state index contributed by atoms with van der Waals surface area (Å²) in [4.78, 5) is 28.5. The predicted molar refractivity (Wildman–Crippen MR) is 99.9 cm³/mol. The molecular weight excluding hydrogens is 346 g/mol. The lowest BCUT2D eigenvalue weighted by Gasteiger charge is -2.30. The van der Waals surface area contributed by atoms with Crippen molar-refractivity contribution in [2.45, 2.75) is 82.7 Å². The Hall–Kier alpha value is -1.96. The molecule has 1 aliphatic heterocycles. The van der Waals surface area contributed by atoms with Crippen molar-refractivity contribution in [3.05, 3.63) is 11.7 Å². The van der Waals surface area contributed by atoms with Crippen LogP contribution in [-0.4, -0.2) is 41.1 Å². The largest absolute Gasteiger partial charge is 0.352 e. The second-order valence-corrected chi connectivity index (χ2v) is 7.80. The van der Waals surface area contributed by atoms with Gasteiger partial charge < -0.3 is 20.5 Å². The van der Waals surface area contributed by atoms with Gasteiger partial charge in [0.25, 0.3) is 0 Å². The minimum atomic E-state index is -0.542. The summed E-state index contributed by atoms with van der Waals surface area (Å²) in [5.74, 6) is 0.931. The van der Waals surface area contributed by atoms with Crippen molar-refractivity contribution in [2.24, 2.45) is 0 Å². The molecule has 1 saturated heterocycles. The topological polar surface area (TPSA) is 109 Å². The van der Waals surface area contributed by atoms with Crippen molar-refractivity contribution in [3.63, 3.8) is 0 Å². The van der Waals surface area contributed by atoms with E-state index in [2.05, 4.69) is 26.1 Å². The zero-order valence-electron chi connectivity index (χ0n) is 16.2. The van der Waals surface area contributed by atoms with Crippen molar-refractivity contribution in [3.8, 4) is 0 Å². The van der Waals surface area contributed by atoms with Gasteiger partial charge in [0, 0.05) is 32.4 Å². The summed E-state index contributed by atoms with van der Waals surface area (Å²) >= 11 is 0. The number of nitrogens with zero attached hydrogens (tertiary/aromatic N) is 2. The van der Waals surface area contributed by atoms with Crippen LogP contribution in [0.25, 0.3) is 0 Å². The van der Waals surface area contributed by atoms with Gasteiger partial charge in [0.15, 0.2) is 5.82 Å². The molecule has 2 heterocycles. The van der Waals surface area contributed by atoms with Crippen LogP contribution >= 0.6 is 0 Å². The third-order valence-electron chi connectivity index (χ3n) is 5.50. The summed E-state index contributed by atoms with van der Waals surface area (Å²) in [6, 6.07) is 0.207. The first-order valence-electron chi connectivity index (χ1n) is 10.2. The standard InChI is InChI=1S/C19H31N5O3/c1-14(25)23-19(10-4-2-3-5-11-19)18-22-17(27-24-18)9-8-16(26)21-15-7-6-12-20-13-15/h15,20H,2-13H2,1H3,(H,21,26)(H,23,25)/t15-/m0/s1. The maximum atomic E-state index is 12.2. The van der Waals surface area contributed by atoms with Gasteiger partial charge in [-0.3, -0.25) is 9.59 Å². The van der Waals surface area contributed by atoms with Crippen molar-refractivity contribution >= 4 is 11.8 Å². The first-order chi connectivity index (χ1) is 13.1. The molecule has 2 aliphatic rings. The number of hydrogen-bond acceptors (Lipinski definition) is 6. The smallest absolute Gasteiger partial charge is 0.227 e. The van der Waals surface area contributed by atoms with E-state index in [0.717, 1.165) is 64.5 Å². The lowest BCUT2D eigenvalue weighted by atomic mass is 9.89. The molecule has 1 atom stereocenters. The molecule has 1 aliphatic carbocycles. The molecule has 8 heteroatoms. The monoisotopic (exact) mass is 377 g/mol. The second-order valence-electron chi connectivity index (χ2n) is 7.80. The highest BCUT2D eigenvalue weighted by Crippen LogP contribution is 2.34. The number of carbonyl (C=O) groups excluding carboxylic acids is 2. The molecule has 0 radical (unpaired) electrons. The van der Waals surface area contributed by atoms with E-state index < -0.39 is 5.54 Å². The van der Waals surface area contributed by atoms with Crippen molar-refractivity contribution < 1.29 is 14.1 Å². The molecule has 8 nitrogen and oxygen atoms in total. The third-order valence-corrected chi connectivity index (χ3v) is 5.50. The van der Waals surface area contributed by atoms with Gasteiger partial charge in [-0.15, -0.1) is 0 Å². The molecule has 1 aromatic heterocycles. The number of aryl methyl sites for hydroxylation is 1. The van der Waals surface area contributed by atoms with Gasteiger partial charge in [-0.05, 0) is 32.2 Å². The lowest BCUT2D eigenvalue weighted by Crippen LogP contribution is -2.45. The molecule has 0 aromatic carbocycles. The number of amides is 2. The summed E-state index contributed by atoms with van der Waals surface area (Å²) in [5.41, 5.74) is -0.542. The molecule has 150 valence electrons. The van der Waals surface area contributed by atoms with Crippen LogP contribution in [0.15, 0.2) is 4.52 Å². The molecule has 0 unspecified atom stereocenters. The molecule has 1 saturated carbocycles. The average Bonchev–Trinajstić information content (AvgIpc) is 3.01. The maximum Gasteiger partial charge on any atom is 0.227 e. The Balaban J connectivity index is 1.58. The van der Waals surface area contributed by atoms with E-state index in [1.807, 2.05) is 0 Å². The van der Waals surface area contributed by atoms with Crippen LogP contribution in [-0.2, 0) is 21.5 Å². The van der Waals surface area contributed by atoms with Gasteiger partial charge >= 0.3 is 0 Å². The minimum absolute atomic E-state index is 0.00879. The van der Waals surface area contributed by atoms with Crippen LogP contribution in [0, 0.1) is 0 Å². The zero-order valence-corrected chi connectivity index (χ0v) is 16.2. The highest BCUT2D eigenvalue weighted by molar-refractivity contribution is 5.76. The minimum Gasteiger partial charge on any atom is -0.352 e. The molecular formula is C19H31N5O3. The zero-order chi connectivity index (χ0) is 19.1. The number of rotatable bonds is 6. The van der Waals surface area contributed by atoms with Gasteiger partial charge in [0.2, 0.25) is 17.7 Å². The molecule has 3 N–H and O–H groups in total. The van der Waals surface area contributed by atoms with Crippen molar-refractivity contribution in [2.75, 3.05) is 13.1 Å². The fraction of sp³-hybridized carbons (Fsp3) is 0.789. The Morgan fingerprint density at radius 2 is 2.00 bits per heavy atom. The van der Waals surface area contributed by atoms with Crippen molar-refractivity contribution in [1.29, 1.82) is 0 Å². The Bertz CT molecular complexity index is 631. The van der Waals surface area contributed by atoms with E-state index in [-0.39, 0.29) is 17.9 Å². The normalized spacial score (nSPS) is 22.6. The Kier molecular flexibility index (Phi) is 6.82. The summed E-state index contributed by atoms with van der Waals surface area (Å²) in [7, 11) is 0. The first kappa shape index (κ1) is 19.8. The molecule has 3 rings (SSSR count). The Morgan fingerprint density at radius 1 is 1.22 bits per heavy atom. The molecule has 27 heavy (non-hydrogen) atoms. The van der Waals surface area contributed by atoms with E-state index in [1.165, 1.54) is 6.92 Å². The van der Waals surface area contributed by atoms with Gasteiger partial charge in [-0.1, -0.05) is 30.8 Å². The van der Waals surface area contributed by atoms with Crippen LogP contribution < -0.4 is 16.0 Å². The van der Waals surface area contributed by atoms with E-state index in [0.29, 0.717) is 24.6 Å². The molecule has 2 fully saturated rings. The third kappa shape index (κ3) is 5.51. The van der Waals surface area contributed by atoms with Crippen LogP contribution in [0.5, 0.6) is 0 Å². The highest BCUT2D eigenvalue weighted by Gasteiger charge is 2.38. The van der Waals surface area contributed by atoms with Gasteiger partial charge in [-0.25, -0.2) is 0 Å². The Labute approximate surface area is 160 Å². The molecule has 2 amide bonds. The molecule has 0 spiro atoms. The van der Waals surface area contributed by atoms with Gasteiger partial charge in [-0.2, -0.15) is 4.98 Å². The maximum absolute atomic E-state index is 12.2. The van der Waals surface area contributed by atoms with Crippen LogP contribution in [0.2, 0.25) is 0 Å². The number of carbonyl (C=O) groups is 2. The molecule has 0 bridgehead atoms. The SMILES string of the molecule is CC(=O)NC1(c2noc(CCC(=O)N[C@H]3CCCNC3)n2)CCCCCC1. The quantitative estimate of drug-likeness (QED) is 0.649. The van der Waals surface area contributed by atoms with E-state index in [4.69, 9.17) is 4.52 Å². The first-order valence-corrected chi connectivity index (χ1v) is 10.2. The summed E-state index contributed by atoms with van der Waals surface area (Å²) in [6.45, 7) is 3.38. The number of aromatic nitrogens is 2.